The fourth-order valence-corrected chi connectivity index (χ4v) is 1.89. The largest absolute Gasteiger partial charge is 1.00 e. The van der Waals surface area contributed by atoms with Crippen LogP contribution in [0.1, 0.15) is 0 Å². The Labute approximate surface area is 189 Å². The van der Waals surface area contributed by atoms with E-state index in [1.807, 2.05) is 48.8 Å². The maximum atomic E-state index is 8.25. The van der Waals surface area contributed by atoms with Crippen molar-refractivity contribution in [3.8, 4) is 22.4 Å². The van der Waals surface area contributed by atoms with Gasteiger partial charge in [-0.1, -0.05) is 12.1 Å². The third-order valence-electron chi connectivity index (χ3n) is 2.72. The Hall–Kier alpha value is -2.67. The van der Waals surface area contributed by atoms with Crippen molar-refractivity contribution in [2.24, 2.45) is 0 Å². The van der Waals surface area contributed by atoms with Crippen LogP contribution in [-0.2, 0) is 44.8 Å². The summed E-state index contributed by atoms with van der Waals surface area (Å²) < 4.78 is 0. The number of nitrogens with zero attached hydrogens (tertiary/aromatic N) is 5. The van der Waals surface area contributed by atoms with Crippen molar-refractivity contribution in [2.45, 2.75) is 0 Å². The van der Waals surface area contributed by atoms with Crippen LogP contribution in [0.4, 0.5) is 0 Å². The van der Waals surface area contributed by atoms with Gasteiger partial charge in [0, 0.05) is 47.7 Å². The van der Waals surface area contributed by atoms with Crippen molar-refractivity contribution in [3.05, 3.63) is 98.0 Å². The molecule has 0 unspecified atom stereocenters. The molecule has 0 aromatic carbocycles. The predicted octanol–water partition coefficient (Wildman–Crippen LogP) is 2.72. The van der Waals surface area contributed by atoms with E-state index in [-0.39, 0.29) is 44.8 Å². The van der Waals surface area contributed by atoms with Gasteiger partial charge in [-0.05, 0) is 24.3 Å². The van der Waals surface area contributed by atoms with Crippen LogP contribution < -0.4 is 0 Å². The summed E-state index contributed by atoms with van der Waals surface area (Å²) in [5, 5.41) is 29.5. The van der Waals surface area contributed by atoms with Gasteiger partial charge in [-0.15, -0.1) is 0 Å². The van der Waals surface area contributed by atoms with Crippen LogP contribution in [0.25, 0.3) is 22.4 Å². The van der Waals surface area contributed by atoms with Crippen LogP contribution in [0.2, 0.25) is 0 Å². The minimum Gasteiger partial charge on any atom is -0.356 e. The minimum atomic E-state index is -1.75. The van der Waals surface area contributed by atoms with Gasteiger partial charge in [-0.3, -0.25) is 15.0 Å². The van der Waals surface area contributed by atoms with Gasteiger partial charge in [0.1, 0.15) is 0 Å². The van der Waals surface area contributed by atoms with Gasteiger partial charge < -0.3 is 30.6 Å². The zero-order valence-electron chi connectivity index (χ0n) is 13.6. The second-order valence-electron chi connectivity index (χ2n) is 4.33. The maximum Gasteiger partial charge on any atom is 1.00 e. The molecule has 3 heterocycles. The molecule has 0 amide bonds. The van der Waals surface area contributed by atoms with Gasteiger partial charge in [0.2, 0.25) is 0 Å². The molecule has 0 aliphatic rings. The van der Waals surface area contributed by atoms with E-state index in [1.165, 1.54) is 0 Å². The molecule has 154 valence electrons. The molecule has 13 heteroatoms. The summed E-state index contributed by atoms with van der Waals surface area (Å²) in [6.07, 6.45) is 8.99. The molecule has 0 aliphatic heterocycles. The van der Waals surface area contributed by atoms with Crippen LogP contribution in [-0.4, -0.2) is 25.1 Å². The molecule has 0 saturated carbocycles. The van der Waals surface area contributed by atoms with Crippen molar-refractivity contribution in [3.63, 3.8) is 0 Å². The first-order chi connectivity index (χ1) is 12.4. The van der Waals surface area contributed by atoms with E-state index >= 15 is 0 Å². The van der Waals surface area contributed by atoms with E-state index in [9.17, 15) is 0 Å². The fraction of sp³-hybridized carbons (Fsp3) is 0. The van der Waals surface area contributed by atoms with Gasteiger partial charge in [0.25, 0.3) is 0 Å². The molecule has 0 atom stereocenters. The fourth-order valence-electron chi connectivity index (χ4n) is 1.89. The summed E-state index contributed by atoms with van der Waals surface area (Å²) >= 11 is 0. The summed E-state index contributed by atoms with van der Waals surface area (Å²) in [5.74, 6) is 0. The third kappa shape index (κ3) is 11.1. The van der Waals surface area contributed by atoms with Crippen LogP contribution in [0.15, 0.2) is 67.4 Å². The molecular weight excluding hydrogens is 562 g/mol. The van der Waals surface area contributed by atoms with Gasteiger partial charge in [-0.2, -0.15) is 0 Å². The first-order valence-electron chi connectivity index (χ1n) is 6.80. The SMILES string of the molecule is O=[N+]([O-])[O-].O=[N+]([O-])[O-].[Ag+].[Ag+].c1cncc(-c2cccnc2-c2cccnc2)c1. The summed E-state index contributed by atoms with van der Waals surface area (Å²) in [4.78, 5) is 29.3. The monoisotopic (exact) mass is 571 g/mol. The van der Waals surface area contributed by atoms with Gasteiger partial charge in [0.05, 0.1) is 15.9 Å². The quantitative estimate of drug-likeness (QED) is 0.254. The standard InChI is InChI=1S/C15H11N3.2Ag.2NO3/c1-4-12(10-16-7-1)14-6-3-9-18-15(14)13-5-2-8-17-11-13;;;2*2-1(3)4/h1-11H;;;;/q;2*+1;2*-1. The Morgan fingerprint density at radius 1 is 0.679 bits per heavy atom. The molecule has 3 rings (SSSR count). The molecule has 0 fully saturated rings. The average molecular weight is 573 g/mol. The molecule has 11 nitrogen and oxygen atoms in total. The molecule has 0 aliphatic carbocycles. The van der Waals surface area contributed by atoms with Crippen molar-refractivity contribution >= 4 is 0 Å². The van der Waals surface area contributed by atoms with Gasteiger partial charge in [-0.25, -0.2) is 0 Å². The molecule has 0 N–H and O–H groups in total. The topological polar surface area (TPSA) is 171 Å². The summed E-state index contributed by atoms with van der Waals surface area (Å²) in [7, 11) is 0. The van der Waals surface area contributed by atoms with Crippen molar-refractivity contribution in [1.82, 2.24) is 15.0 Å². The Kier molecular flexibility index (Phi) is 15.1. The Bertz CT molecular complexity index is 764. The normalized spacial score (nSPS) is 8.29. The van der Waals surface area contributed by atoms with E-state index in [4.69, 9.17) is 30.6 Å². The number of rotatable bonds is 2. The van der Waals surface area contributed by atoms with E-state index < -0.39 is 10.2 Å². The summed E-state index contributed by atoms with van der Waals surface area (Å²) in [5.41, 5.74) is 4.07. The first kappa shape index (κ1) is 27.5. The van der Waals surface area contributed by atoms with Crippen LogP contribution in [0.3, 0.4) is 0 Å². The Morgan fingerprint density at radius 3 is 1.54 bits per heavy atom. The molecule has 3 aromatic heterocycles. The number of aromatic nitrogens is 3. The van der Waals surface area contributed by atoms with Crippen LogP contribution in [0.5, 0.6) is 0 Å². The zero-order valence-corrected chi connectivity index (χ0v) is 16.6. The van der Waals surface area contributed by atoms with Crippen LogP contribution in [0, 0.1) is 30.6 Å². The van der Waals surface area contributed by atoms with E-state index in [0.717, 1.165) is 22.4 Å². The van der Waals surface area contributed by atoms with E-state index in [1.54, 1.807) is 18.6 Å². The zero-order chi connectivity index (χ0) is 19.4. The van der Waals surface area contributed by atoms with Crippen LogP contribution >= 0.6 is 0 Å². The second kappa shape index (κ2) is 15.4. The number of hydrogen-bond donors (Lipinski definition) is 0. The molecule has 0 spiro atoms. The van der Waals surface area contributed by atoms with Crippen molar-refractivity contribution < 1.29 is 54.9 Å². The molecule has 3 aromatic rings. The minimum absolute atomic E-state index is 0. The second-order valence-corrected chi connectivity index (χ2v) is 4.33. The Morgan fingerprint density at radius 2 is 1.11 bits per heavy atom. The van der Waals surface area contributed by atoms with Crippen molar-refractivity contribution in [2.75, 3.05) is 0 Å². The van der Waals surface area contributed by atoms with Gasteiger partial charge >= 0.3 is 44.8 Å². The smallest absolute Gasteiger partial charge is 0.356 e. The van der Waals surface area contributed by atoms with Gasteiger partial charge in [0.15, 0.2) is 0 Å². The van der Waals surface area contributed by atoms with E-state index in [0.29, 0.717) is 0 Å². The summed E-state index contributed by atoms with van der Waals surface area (Å²) in [6, 6.07) is 11.9. The molecule has 0 bridgehead atoms. The molecular formula is C15H11Ag2N5O6. The first-order valence-corrected chi connectivity index (χ1v) is 6.80. The third-order valence-corrected chi connectivity index (χ3v) is 2.72. The number of pyridine rings is 3. The van der Waals surface area contributed by atoms with E-state index in [2.05, 4.69) is 15.0 Å². The number of hydrogen-bond acceptors (Lipinski definition) is 9. The average Bonchev–Trinajstić information content (AvgIpc) is 2.62. The Balaban J connectivity index is 0. The molecule has 0 saturated heterocycles. The predicted molar refractivity (Wildman–Crippen MR) is 91.4 cm³/mol. The molecule has 0 radical (unpaired) electrons. The summed E-state index contributed by atoms with van der Waals surface area (Å²) in [6.45, 7) is 0. The molecule has 28 heavy (non-hydrogen) atoms. The maximum absolute atomic E-state index is 8.25. The van der Waals surface area contributed by atoms with Crippen molar-refractivity contribution in [1.29, 1.82) is 0 Å².